The fourth-order valence-corrected chi connectivity index (χ4v) is 3.02. The number of nitrogens with one attached hydrogen (secondary N) is 1. The molecule has 0 fully saturated rings. The van der Waals surface area contributed by atoms with Crippen LogP contribution in [0.2, 0.25) is 0 Å². The number of carboxylic acids is 1. The molecule has 0 aliphatic rings. The molecule has 0 saturated carbocycles. The first-order chi connectivity index (χ1) is 12.6. The maximum atomic E-state index is 13.8. The summed E-state index contributed by atoms with van der Waals surface area (Å²) in [7, 11) is 0. The van der Waals surface area contributed by atoms with Crippen molar-refractivity contribution in [1.82, 2.24) is 4.72 Å². The fourth-order valence-electron chi connectivity index (χ4n) is 2.19. The number of carboxylic acid groups (broad SMARTS) is 1. The van der Waals surface area contributed by atoms with Crippen LogP contribution in [0.1, 0.15) is 38.8 Å². The van der Waals surface area contributed by atoms with Gasteiger partial charge in [0.1, 0.15) is 16.3 Å². The molecule has 2 aromatic carbocycles. The van der Waals surface area contributed by atoms with Crippen LogP contribution in [0.5, 0.6) is 11.5 Å². The van der Waals surface area contributed by atoms with E-state index in [4.69, 9.17) is 4.74 Å². The summed E-state index contributed by atoms with van der Waals surface area (Å²) < 4.78 is 46.8. The zero-order valence-corrected chi connectivity index (χ0v) is 16.0. The van der Waals surface area contributed by atoms with E-state index in [1.807, 2.05) is 0 Å². The van der Waals surface area contributed by atoms with Gasteiger partial charge in [-0.3, -0.25) is 4.79 Å². The summed E-state index contributed by atoms with van der Waals surface area (Å²) in [5.41, 5.74) is 0.523. The molecule has 0 radical (unpaired) electrons. The second-order valence-corrected chi connectivity index (χ2v) is 8.90. The van der Waals surface area contributed by atoms with Crippen LogP contribution in [0.25, 0.3) is 0 Å². The highest BCUT2D eigenvalue weighted by Crippen LogP contribution is 2.29. The van der Waals surface area contributed by atoms with Gasteiger partial charge in [-0.25, -0.2) is 8.78 Å². The van der Waals surface area contributed by atoms with Gasteiger partial charge < -0.3 is 14.4 Å². The van der Waals surface area contributed by atoms with Gasteiger partial charge in [-0.05, 0) is 50.6 Å². The minimum atomic E-state index is -1.49. The molecular weight excluding hydrogens is 376 g/mol. The Kier molecular flexibility index (Phi) is 6.80. The molecule has 0 bridgehead atoms. The van der Waals surface area contributed by atoms with E-state index in [2.05, 4.69) is 4.72 Å². The van der Waals surface area contributed by atoms with Crippen LogP contribution in [-0.2, 0) is 16.2 Å². The topological polar surface area (TPSA) is 81.6 Å². The van der Waals surface area contributed by atoms with Crippen molar-refractivity contribution in [3.8, 4) is 11.5 Å². The highest BCUT2D eigenvalue weighted by atomic mass is 32.2. The lowest BCUT2D eigenvalue weighted by molar-refractivity contribution is -0.137. The van der Waals surface area contributed by atoms with Gasteiger partial charge in [0.25, 0.3) is 0 Å². The minimum Gasteiger partial charge on any atom is -0.598 e. The molecule has 0 aliphatic carbocycles. The van der Waals surface area contributed by atoms with E-state index in [0.29, 0.717) is 11.6 Å². The van der Waals surface area contributed by atoms with E-state index in [9.17, 15) is 23.2 Å². The van der Waals surface area contributed by atoms with Gasteiger partial charge in [-0.2, -0.15) is 0 Å². The number of halogens is 2. The van der Waals surface area contributed by atoms with Crippen molar-refractivity contribution in [2.24, 2.45) is 0 Å². The smallest absolute Gasteiger partial charge is 0.305 e. The molecule has 27 heavy (non-hydrogen) atoms. The van der Waals surface area contributed by atoms with Crippen LogP contribution in [0, 0.1) is 11.6 Å². The Labute approximate surface area is 159 Å². The van der Waals surface area contributed by atoms with Crippen LogP contribution in [0.3, 0.4) is 0 Å². The van der Waals surface area contributed by atoms with Crippen molar-refractivity contribution in [3.05, 3.63) is 59.7 Å². The van der Waals surface area contributed by atoms with Crippen molar-refractivity contribution < 1.29 is 28.0 Å². The summed E-state index contributed by atoms with van der Waals surface area (Å²) in [5.74, 6) is -2.54. The molecule has 0 aromatic heterocycles. The number of ether oxygens (including phenoxy) is 1. The maximum absolute atomic E-state index is 13.8. The molecule has 0 amide bonds. The number of carbonyl (C=O) groups is 1. The van der Waals surface area contributed by atoms with E-state index in [0.717, 1.165) is 6.07 Å². The van der Waals surface area contributed by atoms with E-state index in [-0.39, 0.29) is 17.9 Å². The average molecular weight is 397 g/mol. The number of rotatable bonds is 7. The second kappa shape index (κ2) is 8.69. The monoisotopic (exact) mass is 397 g/mol. The van der Waals surface area contributed by atoms with Gasteiger partial charge in [-0.1, -0.05) is 12.1 Å². The van der Waals surface area contributed by atoms with Crippen molar-refractivity contribution in [1.29, 1.82) is 0 Å². The zero-order chi connectivity index (χ0) is 20.2. The summed E-state index contributed by atoms with van der Waals surface area (Å²) in [6, 6.07) is 8.58. The third-order valence-corrected chi connectivity index (χ3v) is 5.18. The van der Waals surface area contributed by atoms with Crippen LogP contribution < -0.4 is 9.46 Å². The Morgan fingerprint density at radius 2 is 1.96 bits per heavy atom. The zero-order valence-electron chi connectivity index (χ0n) is 15.2. The van der Waals surface area contributed by atoms with Gasteiger partial charge in [0.05, 0.1) is 12.5 Å². The first-order valence-corrected chi connectivity index (χ1v) is 9.34. The molecule has 8 heteroatoms. The van der Waals surface area contributed by atoms with E-state index >= 15 is 0 Å². The molecule has 0 aliphatic heterocycles. The third kappa shape index (κ3) is 6.20. The SMILES string of the molecule is CC(C)(C)[S+]([O-])NC(CC(=O)O)c1cccc(Oc2ccc(F)cc2F)c1. The summed E-state index contributed by atoms with van der Waals surface area (Å²) in [6.45, 7) is 5.31. The molecule has 146 valence electrons. The van der Waals surface area contributed by atoms with E-state index in [1.165, 1.54) is 12.1 Å². The van der Waals surface area contributed by atoms with Crippen LogP contribution in [0.15, 0.2) is 42.5 Å². The summed E-state index contributed by atoms with van der Waals surface area (Å²) in [6.07, 6.45) is -0.295. The molecule has 0 spiro atoms. The minimum absolute atomic E-state index is 0.158. The van der Waals surface area contributed by atoms with Crippen molar-refractivity contribution >= 4 is 17.3 Å². The molecule has 2 rings (SSSR count). The lowest BCUT2D eigenvalue weighted by atomic mass is 10.0. The highest BCUT2D eigenvalue weighted by molar-refractivity contribution is 7.90. The molecule has 0 saturated heterocycles. The molecule has 5 nitrogen and oxygen atoms in total. The van der Waals surface area contributed by atoms with Gasteiger partial charge in [-0.15, -0.1) is 4.72 Å². The predicted octanol–water partition coefficient (Wildman–Crippen LogP) is 4.32. The van der Waals surface area contributed by atoms with Crippen molar-refractivity contribution in [2.45, 2.75) is 38.0 Å². The second-order valence-electron chi connectivity index (χ2n) is 6.90. The van der Waals surface area contributed by atoms with E-state index < -0.39 is 39.8 Å². The Morgan fingerprint density at radius 3 is 2.56 bits per heavy atom. The normalized spacial score (nSPS) is 13.9. The van der Waals surface area contributed by atoms with Gasteiger partial charge in [0, 0.05) is 17.4 Å². The average Bonchev–Trinajstić information content (AvgIpc) is 2.56. The number of aliphatic carboxylic acids is 1. The lowest BCUT2D eigenvalue weighted by Crippen LogP contribution is -2.41. The molecular formula is C19H21F2NO4S. The maximum Gasteiger partial charge on any atom is 0.305 e. The number of benzene rings is 2. The molecule has 2 aromatic rings. The molecule has 2 N–H and O–H groups in total. The van der Waals surface area contributed by atoms with Crippen LogP contribution in [-0.4, -0.2) is 20.4 Å². The summed E-state index contributed by atoms with van der Waals surface area (Å²) >= 11 is -1.49. The summed E-state index contributed by atoms with van der Waals surface area (Å²) in [5, 5.41) is 9.17. The molecule has 2 unspecified atom stereocenters. The van der Waals surface area contributed by atoms with Gasteiger partial charge in [0.15, 0.2) is 11.6 Å². The first kappa shape index (κ1) is 21.1. The molecule has 2 atom stereocenters. The number of hydrogen-bond acceptors (Lipinski definition) is 4. The van der Waals surface area contributed by atoms with Crippen LogP contribution in [0.4, 0.5) is 8.78 Å². The predicted molar refractivity (Wildman–Crippen MR) is 98.9 cm³/mol. The Balaban J connectivity index is 2.26. The van der Waals surface area contributed by atoms with Crippen molar-refractivity contribution in [3.63, 3.8) is 0 Å². The van der Waals surface area contributed by atoms with Crippen LogP contribution >= 0.6 is 0 Å². The first-order valence-electron chi connectivity index (χ1n) is 8.19. The quantitative estimate of drug-likeness (QED) is 0.680. The largest absolute Gasteiger partial charge is 0.598 e. The third-order valence-electron chi connectivity index (χ3n) is 3.57. The summed E-state index contributed by atoms with van der Waals surface area (Å²) in [4.78, 5) is 11.2. The number of hydrogen-bond donors (Lipinski definition) is 2. The lowest BCUT2D eigenvalue weighted by Gasteiger charge is -2.27. The molecule has 0 heterocycles. The van der Waals surface area contributed by atoms with Gasteiger partial charge >= 0.3 is 5.97 Å². The standard InChI is InChI=1S/C19H21F2NO4S/c1-19(2,3)27(25)22-16(11-18(23)24)12-5-4-6-14(9-12)26-17-8-7-13(20)10-15(17)21/h4-10,16,22H,11H2,1-3H3,(H,23,24). The fraction of sp³-hybridized carbons (Fsp3) is 0.316. The van der Waals surface area contributed by atoms with Gasteiger partial charge in [0.2, 0.25) is 0 Å². The Bertz CT molecular complexity index is 811. The van der Waals surface area contributed by atoms with E-state index in [1.54, 1.807) is 39.0 Å². The Hall–Kier alpha value is -2.16. The van der Waals surface area contributed by atoms with Crippen molar-refractivity contribution in [2.75, 3.05) is 0 Å². The highest BCUT2D eigenvalue weighted by Gasteiger charge is 2.31. The Morgan fingerprint density at radius 1 is 1.26 bits per heavy atom.